The molecule has 4 nitrogen and oxygen atoms in total. The van der Waals surface area contributed by atoms with Gasteiger partial charge in [0.15, 0.2) is 4.67 Å². The lowest BCUT2D eigenvalue weighted by molar-refractivity contribution is 0.0772. The highest BCUT2D eigenvalue weighted by atomic mass is 79.9. The summed E-state index contributed by atoms with van der Waals surface area (Å²) in [5.74, 6) is 0.400. The number of aromatic hydroxyl groups is 1. The molecule has 0 spiro atoms. The summed E-state index contributed by atoms with van der Waals surface area (Å²) in [6, 6.07) is 18.8. The van der Waals surface area contributed by atoms with Gasteiger partial charge in [-0.1, -0.05) is 36.4 Å². The molecular weight excluding hydrogens is 382 g/mol. The Hall–Kier alpha value is -2.53. The molecule has 1 heterocycles. The Bertz CT molecular complexity index is 874. The van der Waals surface area contributed by atoms with Crippen molar-refractivity contribution in [1.29, 1.82) is 0 Å². The lowest BCUT2D eigenvalue weighted by Gasteiger charge is -2.17. The zero-order valence-corrected chi connectivity index (χ0v) is 15.4. The third-order valence-corrected chi connectivity index (χ3v) is 4.34. The molecule has 2 aromatic carbocycles. The molecule has 1 amide bonds. The molecule has 0 saturated heterocycles. The van der Waals surface area contributed by atoms with Gasteiger partial charge in [0.05, 0.1) is 12.1 Å². The number of furan rings is 1. The quantitative estimate of drug-likeness (QED) is 0.681. The molecule has 3 aromatic rings. The topological polar surface area (TPSA) is 53.7 Å². The maximum Gasteiger partial charge on any atom is 0.257 e. The van der Waals surface area contributed by atoms with Crippen LogP contribution in [-0.2, 0) is 13.0 Å². The summed E-state index contributed by atoms with van der Waals surface area (Å²) in [5, 5.41) is 10.1. The van der Waals surface area contributed by atoms with Crippen molar-refractivity contribution in [3.63, 3.8) is 0 Å². The van der Waals surface area contributed by atoms with Crippen LogP contribution in [0.1, 0.15) is 27.2 Å². The van der Waals surface area contributed by atoms with Gasteiger partial charge in [-0.05, 0) is 57.7 Å². The largest absolute Gasteiger partial charge is 0.507 e. The zero-order valence-electron chi connectivity index (χ0n) is 13.8. The van der Waals surface area contributed by atoms with Crippen LogP contribution in [0.3, 0.4) is 0 Å². The van der Waals surface area contributed by atoms with E-state index in [1.54, 1.807) is 31.3 Å². The van der Waals surface area contributed by atoms with Crippen molar-refractivity contribution in [2.75, 3.05) is 7.05 Å². The Morgan fingerprint density at radius 1 is 1.08 bits per heavy atom. The van der Waals surface area contributed by atoms with Gasteiger partial charge in [-0.25, -0.2) is 0 Å². The summed E-state index contributed by atoms with van der Waals surface area (Å²) in [5.41, 5.74) is 2.42. The molecule has 128 valence electrons. The number of rotatable bonds is 5. The lowest BCUT2D eigenvalue weighted by Crippen LogP contribution is -2.26. The van der Waals surface area contributed by atoms with E-state index < -0.39 is 0 Å². The van der Waals surface area contributed by atoms with Crippen molar-refractivity contribution in [1.82, 2.24) is 4.90 Å². The third-order valence-electron chi connectivity index (χ3n) is 3.91. The normalized spacial score (nSPS) is 10.6. The van der Waals surface area contributed by atoms with E-state index in [0.29, 0.717) is 29.0 Å². The Kier molecular flexibility index (Phi) is 5.24. The number of hydrogen-bond donors (Lipinski definition) is 1. The average molecular weight is 400 g/mol. The van der Waals surface area contributed by atoms with E-state index >= 15 is 0 Å². The maximum atomic E-state index is 12.7. The Balaban J connectivity index is 1.78. The van der Waals surface area contributed by atoms with E-state index in [-0.39, 0.29) is 11.7 Å². The maximum absolute atomic E-state index is 12.7. The standard InChI is InChI=1S/C20H18BrNO3/c1-22(13-16-8-10-19(21)25-16)20(24)17-12-15(7-9-18(17)23)11-14-5-3-2-4-6-14/h2-10,12,23H,11,13H2,1H3. The molecule has 0 atom stereocenters. The second-order valence-electron chi connectivity index (χ2n) is 5.88. The minimum atomic E-state index is -0.250. The van der Waals surface area contributed by atoms with Crippen molar-refractivity contribution < 1.29 is 14.3 Å². The molecule has 0 saturated carbocycles. The molecule has 25 heavy (non-hydrogen) atoms. The van der Waals surface area contributed by atoms with Crippen LogP contribution < -0.4 is 0 Å². The molecule has 0 aliphatic rings. The second-order valence-corrected chi connectivity index (χ2v) is 6.66. The Labute approximate surface area is 154 Å². The molecule has 0 radical (unpaired) electrons. The van der Waals surface area contributed by atoms with Crippen LogP contribution in [0.15, 0.2) is 69.8 Å². The fourth-order valence-electron chi connectivity index (χ4n) is 2.64. The van der Waals surface area contributed by atoms with Gasteiger partial charge in [-0.2, -0.15) is 0 Å². The highest BCUT2D eigenvalue weighted by molar-refractivity contribution is 9.10. The summed E-state index contributed by atoms with van der Waals surface area (Å²) >= 11 is 3.25. The van der Waals surface area contributed by atoms with E-state index in [9.17, 15) is 9.90 Å². The first kappa shape index (κ1) is 17.3. The van der Waals surface area contributed by atoms with Crippen molar-refractivity contribution in [2.24, 2.45) is 0 Å². The first-order valence-corrected chi connectivity index (χ1v) is 8.68. The summed E-state index contributed by atoms with van der Waals surface area (Å²) in [6.07, 6.45) is 0.705. The second kappa shape index (κ2) is 7.57. The fourth-order valence-corrected chi connectivity index (χ4v) is 2.98. The van der Waals surface area contributed by atoms with E-state index in [1.165, 1.54) is 4.90 Å². The van der Waals surface area contributed by atoms with E-state index in [0.717, 1.165) is 11.1 Å². The number of phenols is 1. The number of benzene rings is 2. The molecule has 3 rings (SSSR count). The Morgan fingerprint density at radius 3 is 2.52 bits per heavy atom. The summed E-state index contributed by atoms with van der Waals surface area (Å²) in [6.45, 7) is 0.326. The zero-order chi connectivity index (χ0) is 17.8. The summed E-state index contributed by atoms with van der Waals surface area (Å²) in [7, 11) is 1.68. The summed E-state index contributed by atoms with van der Waals surface area (Å²) < 4.78 is 6.05. The van der Waals surface area contributed by atoms with Crippen LogP contribution >= 0.6 is 15.9 Å². The predicted molar refractivity (Wildman–Crippen MR) is 99.6 cm³/mol. The van der Waals surface area contributed by atoms with Crippen LogP contribution in [0.4, 0.5) is 0 Å². The van der Waals surface area contributed by atoms with Gasteiger partial charge in [0, 0.05) is 7.05 Å². The number of amides is 1. The monoisotopic (exact) mass is 399 g/mol. The minimum absolute atomic E-state index is 0.0192. The van der Waals surface area contributed by atoms with Gasteiger partial charge in [0.1, 0.15) is 11.5 Å². The van der Waals surface area contributed by atoms with E-state index in [4.69, 9.17) is 4.42 Å². The van der Waals surface area contributed by atoms with Crippen LogP contribution in [0, 0.1) is 0 Å². The highest BCUT2D eigenvalue weighted by Crippen LogP contribution is 2.23. The predicted octanol–water partition coefficient (Wildman–Crippen LogP) is 4.61. The molecule has 1 N–H and O–H groups in total. The van der Waals surface area contributed by atoms with Crippen molar-refractivity contribution in [3.8, 4) is 5.75 Å². The number of halogens is 1. The van der Waals surface area contributed by atoms with Crippen LogP contribution in [0.5, 0.6) is 5.75 Å². The highest BCUT2D eigenvalue weighted by Gasteiger charge is 2.18. The lowest BCUT2D eigenvalue weighted by atomic mass is 10.0. The smallest absolute Gasteiger partial charge is 0.257 e. The molecule has 1 aromatic heterocycles. The van der Waals surface area contributed by atoms with Gasteiger partial charge >= 0.3 is 0 Å². The molecule has 0 unspecified atom stereocenters. The molecule has 0 fully saturated rings. The van der Waals surface area contributed by atoms with Crippen LogP contribution in [0.2, 0.25) is 0 Å². The molecule has 0 bridgehead atoms. The van der Waals surface area contributed by atoms with Gasteiger partial charge in [0.25, 0.3) is 5.91 Å². The van der Waals surface area contributed by atoms with Gasteiger partial charge < -0.3 is 14.4 Å². The number of nitrogens with zero attached hydrogens (tertiary/aromatic N) is 1. The van der Waals surface area contributed by atoms with Gasteiger partial charge in [-0.3, -0.25) is 4.79 Å². The SMILES string of the molecule is CN(Cc1ccc(Br)o1)C(=O)c1cc(Cc2ccccc2)ccc1O. The van der Waals surface area contributed by atoms with Crippen LogP contribution in [0.25, 0.3) is 0 Å². The molecular formula is C20H18BrNO3. The first-order valence-electron chi connectivity index (χ1n) is 7.88. The minimum Gasteiger partial charge on any atom is -0.507 e. The number of carbonyl (C=O) groups is 1. The molecule has 0 aliphatic carbocycles. The van der Waals surface area contributed by atoms with Crippen molar-refractivity contribution in [2.45, 2.75) is 13.0 Å². The van der Waals surface area contributed by atoms with Crippen LogP contribution in [-0.4, -0.2) is 23.0 Å². The molecule has 0 aliphatic heterocycles. The first-order chi connectivity index (χ1) is 12.0. The van der Waals surface area contributed by atoms with Gasteiger partial charge in [0.2, 0.25) is 0 Å². The number of carbonyl (C=O) groups excluding carboxylic acids is 1. The Morgan fingerprint density at radius 2 is 1.84 bits per heavy atom. The average Bonchev–Trinajstić information content (AvgIpc) is 3.01. The van der Waals surface area contributed by atoms with E-state index in [2.05, 4.69) is 15.9 Å². The summed E-state index contributed by atoms with van der Waals surface area (Å²) in [4.78, 5) is 14.2. The number of phenolic OH excluding ortho intramolecular Hbond substituents is 1. The third kappa shape index (κ3) is 4.31. The van der Waals surface area contributed by atoms with Gasteiger partial charge in [-0.15, -0.1) is 0 Å². The van der Waals surface area contributed by atoms with Crippen molar-refractivity contribution >= 4 is 21.8 Å². The number of hydrogen-bond acceptors (Lipinski definition) is 3. The fraction of sp³-hybridized carbons (Fsp3) is 0.150. The van der Waals surface area contributed by atoms with E-state index in [1.807, 2.05) is 36.4 Å². The molecule has 5 heteroatoms. The van der Waals surface area contributed by atoms with Crippen molar-refractivity contribution in [3.05, 3.63) is 87.8 Å².